The average Bonchev–Trinajstić information content (AvgIpc) is 2.56. The third kappa shape index (κ3) is 3.85. The van der Waals surface area contributed by atoms with Gasteiger partial charge in [0.2, 0.25) is 0 Å². The zero-order valence-corrected chi connectivity index (χ0v) is 12.0. The molecule has 1 heterocycles. The van der Waals surface area contributed by atoms with Crippen molar-refractivity contribution in [2.45, 2.75) is 12.8 Å². The third-order valence-electron chi connectivity index (χ3n) is 3.64. The standard InChI is InChI=1S/C16H17N3O3/c17-10-13(11-18-14-4-2-1-3-5-14)15(20)19-8-6-12(7-9-19)16(21)22/h1-5,11-12,18H,6-9H2,(H,21,22)/b13-11-. The van der Waals surface area contributed by atoms with Gasteiger partial charge in [-0.3, -0.25) is 9.59 Å². The van der Waals surface area contributed by atoms with E-state index in [9.17, 15) is 9.59 Å². The van der Waals surface area contributed by atoms with Crippen LogP contribution in [0, 0.1) is 17.2 Å². The average molecular weight is 299 g/mol. The minimum absolute atomic E-state index is 0.0117. The number of anilines is 1. The van der Waals surface area contributed by atoms with Crippen molar-refractivity contribution in [1.29, 1.82) is 5.26 Å². The molecule has 0 saturated carbocycles. The Hall–Kier alpha value is -2.81. The summed E-state index contributed by atoms with van der Waals surface area (Å²) in [6.07, 6.45) is 2.23. The van der Waals surface area contributed by atoms with Gasteiger partial charge >= 0.3 is 5.97 Å². The Labute approximate surface area is 128 Å². The number of nitriles is 1. The number of nitrogens with one attached hydrogen (secondary N) is 1. The van der Waals surface area contributed by atoms with Crippen LogP contribution in [0.5, 0.6) is 0 Å². The number of benzene rings is 1. The number of carboxylic acids is 1. The SMILES string of the molecule is N#C/C(=C/Nc1ccccc1)C(=O)N1CCC(C(=O)O)CC1. The fraction of sp³-hybridized carbons (Fsp3) is 0.312. The van der Waals surface area contributed by atoms with Crippen molar-refractivity contribution in [3.05, 3.63) is 42.1 Å². The van der Waals surface area contributed by atoms with Gasteiger partial charge in [0.1, 0.15) is 11.6 Å². The van der Waals surface area contributed by atoms with E-state index in [2.05, 4.69) is 5.32 Å². The predicted molar refractivity (Wildman–Crippen MR) is 80.7 cm³/mol. The van der Waals surface area contributed by atoms with Gasteiger partial charge in [-0.25, -0.2) is 0 Å². The molecule has 1 aliphatic heterocycles. The van der Waals surface area contributed by atoms with E-state index in [0.29, 0.717) is 25.9 Å². The molecule has 0 unspecified atom stereocenters. The summed E-state index contributed by atoms with van der Waals surface area (Å²) >= 11 is 0. The highest BCUT2D eigenvalue weighted by molar-refractivity contribution is 5.97. The molecule has 0 aliphatic carbocycles. The van der Waals surface area contributed by atoms with Crippen LogP contribution >= 0.6 is 0 Å². The number of hydrogen-bond acceptors (Lipinski definition) is 4. The van der Waals surface area contributed by atoms with Crippen molar-refractivity contribution in [2.75, 3.05) is 18.4 Å². The first-order valence-corrected chi connectivity index (χ1v) is 7.05. The first kappa shape index (κ1) is 15.6. The van der Waals surface area contributed by atoms with Crippen LogP contribution in [0.15, 0.2) is 42.1 Å². The summed E-state index contributed by atoms with van der Waals surface area (Å²) in [4.78, 5) is 24.7. The Bertz CT molecular complexity index is 611. The monoisotopic (exact) mass is 299 g/mol. The molecule has 6 nitrogen and oxygen atoms in total. The lowest BCUT2D eigenvalue weighted by atomic mass is 9.97. The van der Waals surface area contributed by atoms with Crippen LogP contribution in [-0.2, 0) is 9.59 Å². The van der Waals surface area contributed by atoms with Crippen LogP contribution in [0.2, 0.25) is 0 Å². The predicted octanol–water partition coefficient (Wildman–Crippen LogP) is 1.83. The highest BCUT2D eigenvalue weighted by atomic mass is 16.4. The number of carboxylic acid groups (broad SMARTS) is 1. The number of aliphatic carboxylic acids is 1. The highest BCUT2D eigenvalue weighted by Gasteiger charge is 2.28. The Morgan fingerprint density at radius 3 is 2.45 bits per heavy atom. The summed E-state index contributed by atoms with van der Waals surface area (Å²) in [6.45, 7) is 0.723. The van der Waals surface area contributed by atoms with Gasteiger partial charge in [-0.15, -0.1) is 0 Å². The van der Waals surface area contributed by atoms with Crippen molar-refractivity contribution in [3.63, 3.8) is 0 Å². The number of carbonyl (C=O) groups excluding carboxylic acids is 1. The molecule has 2 rings (SSSR count). The van der Waals surface area contributed by atoms with Gasteiger partial charge in [0.15, 0.2) is 0 Å². The lowest BCUT2D eigenvalue weighted by Crippen LogP contribution is -2.40. The fourth-order valence-electron chi connectivity index (χ4n) is 2.33. The molecule has 0 aromatic heterocycles. The third-order valence-corrected chi connectivity index (χ3v) is 3.64. The number of likely N-dealkylation sites (tertiary alicyclic amines) is 1. The minimum atomic E-state index is -0.825. The zero-order valence-electron chi connectivity index (χ0n) is 12.0. The van der Waals surface area contributed by atoms with Gasteiger partial charge in [0.05, 0.1) is 5.92 Å². The number of nitrogens with zero attached hydrogens (tertiary/aromatic N) is 2. The van der Waals surface area contributed by atoms with Crippen LogP contribution in [0.25, 0.3) is 0 Å². The van der Waals surface area contributed by atoms with E-state index in [1.165, 1.54) is 11.1 Å². The topological polar surface area (TPSA) is 93.4 Å². The minimum Gasteiger partial charge on any atom is -0.481 e. The number of para-hydroxylation sites is 1. The molecule has 1 aliphatic rings. The van der Waals surface area contributed by atoms with E-state index in [1.54, 1.807) is 0 Å². The van der Waals surface area contributed by atoms with Crippen molar-refractivity contribution in [1.82, 2.24) is 4.90 Å². The van der Waals surface area contributed by atoms with Gasteiger partial charge in [-0.05, 0) is 25.0 Å². The van der Waals surface area contributed by atoms with Crippen molar-refractivity contribution < 1.29 is 14.7 Å². The first-order chi connectivity index (χ1) is 10.6. The molecule has 1 amide bonds. The second-order valence-electron chi connectivity index (χ2n) is 5.08. The van der Waals surface area contributed by atoms with Gasteiger partial charge in [-0.1, -0.05) is 18.2 Å². The quantitative estimate of drug-likeness (QED) is 0.653. The summed E-state index contributed by atoms with van der Waals surface area (Å²) in [5, 5.41) is 21.0. The largest absolute Gasteiger partial charge is 0.481 e. The van der Waals surface area contributed by atoms with Crippen molar-refractivity contribution in [3.8, 4) is 6.07 Å². The van der Waals surface area contributed by atoms with Crippen LogP contribution in [0.1, 0.15) is 12.8 Å². The number of amides is 1. The summed E-state index contributed by atoms with van der Waals surface area (Å²) in [5.41, 5.74) is 0.797. The molecule has 1 saturated heterocycles. The Morgan fingerprint density at radius 1 is 1.27 bits per heavy atom. The molecule has 0 spiro atoms. The Kier molecular flexibility index (Phi) is 5.15. The van der Waals surface area contributed by atoms with Crippen molar-refractivity contribution in [2.24, 2.45) is 5.92 Å². The molecule has 6 heteroatoms. The van der Waals surface area contributed by atoms with E-state index < -0.39 is 11.9 Å². The normalized spacial score (nSPS) is 16.0. The van der Waals surface area contributed by atoms with E-state index in [0.717, 1.165) is 5.69 Å². The van der Waals surface area contributed by atoms with E-state index in [4.69, 9.17) is 10.4 Å². The van der Waals surface area contributed by atoms with E-state index in [-0.39, 0.29) is 11.5 Å². The molecular formula is C16H17N3O3. The van der Waals surface area contributed by atoms with Gasteiger partial charge in [0.25, 0.3) is 5.91 Å². The number of rotatable bonds is 4. The van der Waals surface area contributed by atoms with E-state index in [1.807, 2.05) is 36.4 Å². The molecule has 0 radical (unpaired) electrons. The van der Waals surface area contributed by atoms with E-state index >= 15 is 0 Å². The van der Waals surface area contributed by atoms with Crippen LogP contribution < -0.4 is 5.32 Å². The smallest absolute Gasteiger partial charge is 0.306 e. The summed E-state index contributed by atoms with van der Waals surface area (Å²) in [7, 11) is 0. The Morgan fingerprint density at radius 2 is 1.91 bits per heavy atom. The van der Waals surface area contributed by atoms with Crippen LogP contribution in [0.3, 0.4) is 0 Å². The molecule has 114 valence electrons. The maximum Gasteiger partial charge on any atom is 0.306 e. The lowest BCUT2D eigenvalue weighted by molar-refractivity contribution is -0.145. The summed E-state index contributed by atoms with van der Waals surface area (Å²) < 4.78 is 0. The lowest BCUT2D eigenvalue weighted by Gasteiger charge is -2.29. The number of carbonyl (C=O) groups is 2. The van der Waals surface area contributed by atoms with Crippen molar-refractivity contribution >= 4 is 17.6 Å². The number of piperidine rings is 1. The first-order valence-electron chi connectivity index (χ1n) is 7.05. The fourth-order valence-corrected chi connectivity index (χ4v) is 2.33. The highest BCUT2D eigenvalue weighted by Crippen LogP contribution is 2.19. The molecule has 0 atom stereocenters. The Balaban J connectivity index is 1.98. The van der Waals surface area contributed by atoms with Gasteiger partial charge in [0, 0.05) is 25.0 Å². The van der Waals surface area contributed by atoms with Crippen LogP contribution in [-0.4, -0.2) is 35.0 Å². The summed E-state index contributed by atoms with van der Waals surface area (Å²) in [6, 6.07) is 11.1. The molecular weight excluding hydrogens is 282 g/mol. The molecule has 2 N–H and O–H groups in total. The maximum absolute atomic E-state index is 12.3. The second-order valence-corrected chi connectivity index (χ2v) is 5.08. The molecule has 1 aromatic carbocycles. The van der Waals surface area contributed by atoms with Crippen LogP contribution in [0.4, 0.5) is 5.69 Å². The molecule has 1 aromatic rings. The summed E-state index contributed by atoms with van der Waals surface area (Å²) in [5.74, 6) is -1.59. The molecule has 22 heavy (non-hydrogen) atoms. The maximum atomic E-state index is 12.3. The number of hydrogen-bond donors (Lipinski definition) is 2. The van der Waals surface area contributed by atoms with Gasteiger partial charge < -0.3 is 15.3 Å². The molecule has 1 fully saturated rings. The molecule has 0 bridgehead atoms. The van der Waals surface area contributed by atoms with Gasteiger partial charge in [-0.2, -0.15) is 5.26 Å². The second kappa shape index (κ2) is 7.27. The zero-order chi connectivity index (χ0) is 15.9.